The first-order valence-corrected chi connectivity index (χ1v) is 5.66. The molecule has 0 aromatic heterocycles. The van der Waals surface area contributed by atoms with E-state index in [1.165, 1.54) is 12.1 Å². The van der Waals surface area contributed by atoms with Crippen molar-refractivity contribution in [2.24, 2.45) is 10.9 Å². The maximum atomic E-state index is 11.1. The molecule has 0 spiro atoms. The Morgan fingerprint density at radius 3 is 3.11 bits per heavy atom. The highest BCUT2D eigenvalue weighted by Crippen LogP contribution is 2.18. The van der Waals surface area contributed by atoms with Gasteiger partial charge in [0.15, 0.2) is 0 Å². The first-order chi connectivity index (χ1) is 9.10. The SMILES string of the molecule is NNC(=O)C[C@@H]1CC(c2cccc([N+](=O)[O-])c2)=NN1. The van der Waals surface area contributed by atoms with Crippen molar-refractivity contribution in [1.29, 1.82) is 0 Å². The van der Waals surface area contributed by atoms with Crippen molar-refractivity contribution in [1.82, 2.24) is 10.9 Å². The molecule has 2 rings (SSSR count). The molecule has 1 amide bonds. The molecule has 0 saturated heterocycles. The zero-order valence-electron chi connectivity index (χ0n) is 10.00. The number of hydrazine groups is 1. The monoisotopic (exact) mass is 263 g/mol. The summed E-state index contributed by atoms with van der Waals surface area (Å²) in [6, 6.07) is 6.10. The van der Waals surface area contributed by atoms with Gasteiger partial charge in [0.25, 0.3) is 5.69 Å². The van der Waals surface area contributed by atoms with Crippen molar-refractivity contribution in [2.75, 3.05) is 0 Å². The third-order valence-electron chi connectivity index (χ3n) is 2.80. The molecule has 19 heavy (non-hydrogen) atoms. The van der Waals surface area contributed by atoms with E-state index in [0.717, 1.165) is 0 Å². The van der Waals surface area contributed by atoms with E-state index >= 15 is 0 Å². The molecule has 1 heterocycles. The molecule has 1 aliphatic rings. The van der Waals surface area contributed by atoms with Gasteiger partial charge in [0.1, 0.15) is 0 Å². The summed E-state index contributed by atoms with van der Waals surface area (Å²) in [7, 11) is 0. The third kappa shape index (κ3) is 3.05. The van der Waals surface area contributed by atoms with E-state index in [1.54, 1.807) is 12.1 Å². The summed E-state index contributed by atoms with van der Waals surface area (Å²) in [4.78, 5) is 21.4. The number of nitrogens with two attached hydrogens (primary N) is 1. The van der Waals surface area contributed by atoms with Crippen LogP contribution in [0.4, 0.5) is 5.69 Å². The van der Waals surface area contributed by atoms with Crippen LogP contribution < -0.4 is 16.7 Å². The van der Waals surface area contributed by atoms with Crippen LogP contribution in [0, 0.1) is 10.1 Å². The van der Waals surface area contributed by atoms with E-state index in [9.17, 15) is 14.9 Å². The molecule has 4 N–H and O–H groups in total. The lowest BCUT2D eigenvalue weighted by molar-refractivity contribution is -0.384. The average molecular weight is 263 g/mol. The van der Waals surface area contributed by atoms with Crippen molar-refractivity contribution in [3.05, 3.63) is 39.9 Å². The Labute approximate surface area is 108 Å². The van der Waals surface area contributed by atoms with Crippen LogP contribution in [0.15, 0.2) is 29.4 Å². The Morgan fingerprint density at radius 1 is 1.63 bits per heavy atom. The second-order valence-electron chi connectivity index (χ2n) is 4.17. The summed E-state index contributed by atoms with van der Waals surface area (Å²) in [6.45, 7) is 0. The molecule has 0 radical (unpaired) electrons. The van der Waals surface area contributed by atoms with Gasteiger partial charge in [-0.15, -0.1) is 0 Å². The fourth-order valence-corrected chi connectivity index (χ4v) is 1.88. The minimum atomic E-state index is -0.453. The van der Waals surface area contributed by atoms with Crippen LogP contribution >= 0.6 is 0 Å². The van der Waals surface area contributed by atoms with Crippen LogP contribution in [0.25, 0.3) is 0 Å². The number of non-ortho nitro benzene ring substituents is 1. The molecule has 1 aliphatic heterocycles. The minimum Gasteiger partial charge on any atom is -0.306 e. The molecule has 0 saturated carbocycles. The van der Waals surface area contributed by atoms with E-state index in [-0.39, 0.29) is 24.1 Å². The molecule has 1 atom stereocenters. The highest BCUT2D eigenvalue weighted by Gasteiger charge is 2.22. The van der Waals surface area contributed by atoms with Gasteiger partial charge in [-0.05, 0) is 0 Å². The van der Waals surface area contributed by atoms with Crippen LogP contribution in [-0.2, 0) is 4.79 Å². The van der Waals surface area contributed by atoms with E-state index in [2.05, 4.69) is 16.0 Å². The number of benzene rings is 1. The second-order valence-corrected chi connectivity index (χ2v) is 4.17. The zero-order chi connectivity index (χ0) is 13.8. The summed E-state index contributed by atoms with van der Waals surface area (Å²) in [6.07, 6.45) is 0.729. The molecule has 0 unspecified atom stereocenters. The number of hydrogen-bond donors (Lipinski definition) is 3. The zero-order valence-corrected chi connectivity index (χ0v) is 10.00. The summed E-state index contributed by atoms with van der Waals surface area (Å²) < 4.78 is 0. The Morgan fingerprint density at radius 2 is 2.42 bits per heavy atom. The number of nitrogens with one attached hydrogen (secondary N) is 2. The van der Waals surface area contributed by atoms with Gasteiger partial charge in [-0.2, -0.15) is 5.10 Å². The van der Waals surface area contributed by atoms with Gasteiger partial charge in [0.05, 0.1) is 23.1 Å². The Bertz CT molecular complexity index is 543. The normalized spacial score (nSPS) is 17.5. The van der Waals surface area contributed by atoms with E-state index in [4.69, 9.17) is 5.84 Å². The molecule has 0 bridgehead atoms. The summed E-state index contributed by atoms with van der Waals surface area (Å²) in [5, 5.41) is 14.8. The predicted octanol–water partition coefficient (Wildman–Crippen LogP) is 0.0408. The van der Waals surface area contributed by atoms with Crippen molar-refractivity contribution in [3.63, 3.8) is 0 Å². The maximum absolute atomic E-state index is 11.1. The minimum absolute atomic E-state index is 0.0170. The average Bonchev–Trinajstić information content (AvgIpc) is 2.87. The molecule has 0 aliphatic carbocycles. The number of nitro benzene ring substituents is 1. The van der Waals surface area contributed by atoms with Gasteiger partial charge in [-0.3, -0.25) is 20.3 Å². The molecule has 100 valence electrons. The van der Waals surface area contributed by atoms with Gasteiger partial charge in [0.2, 0.25) is 5.91 Å². The number of carbonyl (C=O) groups excluding carboxylic acids is 1. The lowest BCUT2D eigenvalue weighted by Gasteiger charge is -2.07. The maximum Gasteiger partial charge on any atom is 0.270 e. The lowest BCUT2D eigenvalue weighted by Crippen LogP contribution is -2.35. The highest BCUT2D eigenvalue weighted by molar-refractivity contribution is 6.02. The first kappa shape index (κ1) is 13.0. The number of amides is 1. The standard InChI is InChI=1S/C11H13N5O3/c12-13-11(17)6-8-5-10(15-14-8)7-2-1-3-9(4-7)16(18)19/h1-4,8,14H,5-6,12H2,(H,13,17)/t8-/m0/s1. The van der Waals surface area contributed by atoms with E-state index < -0.39 is 4.92 Å². The Hall–Kier alpha value is -2.48. The summed E-state index contributed by atoms with van der Waals surface area (Å²) >= 11 is 0. The van der Waals surface area contributed by atoms with Gasteiger partial charge in [-0.1, -0.05) is 12.1 Å². The van der Waals surface area contributed by atoms with Crippen molar-refractivity contribution in [2.45, 2.75) is 18.9 Å². The van der Waals surface area contributed by atoms with Crippen LogP contribution in [0.2, 0.25) is 0 Å². The predicted molar refractivity (Wildman–Crippen MR) is 68.1 cm³/mol. The number of nitro groups is 1. The number of nitrogens with zero attached hydrogens (tertiary/aromatic N) is 2. The van der Waals surface area contributed by atoms with Gasteiger partial charge >= 0.3 is 0 Å². The third-order valence-corrected chi connectivity index (χ3v) is 2.80. The number of hydrogen-bond acceptors (Lipinski definition) is 6. The largest absolute Gasteiger partial charge is 0.306 e. The number of rotatable bonds is 4. The number of carbonyl (C=O) groups is 1. The lowest BCUT2D eigenvalue weighted by atomic mass is 10.0. The van der Waals surface area contributed by atoms with E-state index in [1.807, 2.05) is 0 Å². The van der Waals surface area contributed by atoms with E-state index in [0.29, 0.717) is 17.7 Å². The van der Waals surface area contributed by atoms with Crippen molar-refractivity contribution >= 4 is 17.3 Å². The molecule has 1 aromatic rings. The molecule has 0 fully saturated rings. The summed E-state index contributed by atoms with van der Waals surface area (Å²) in [5.74, 6) is 4.73. The van der Waals surface area contributed by atoms with Crippen LogP contribution in [-0.4, -0.2) is 22.6 Å². The Kier molecular flexibility index (Phi) is 3.71. The van der Waals surface area contributed by atoms with Crippen molar-refractivity contribution in [3.8, 4) is 0 Å². The van der Waals surface area contributed by atoms with Gasteiger partial charge < -0.3 is 5.43 Å². The second kappa shape index (κ2) is 5.44. The van der Waals surface area contributed by atoms with Crippen LogP contribution in [0.5, 0.6) is 0 Å². The molecule has 1 aromatic carbocycles. The fourth-order valence-electron chi connectivity index (χ4n) is 1.88. The van der Waals surface area contributed by atoms with Gasteiger partial charge in [-0.25, -0.2) is 5.84 Å². The van der Waals surface area contributed by atoms with Crippen LogP contribution in [0.1, 0.15) is 18.4 Å². The fraction of sp³-hybridized carbons (Fsp3) is 0.273. The molecule has 8 nitrogen and oxygen atoms in total. The molecular formula is C11H13N5O3. The molecule has 8 heteroatoms. The number of hydrazone groups is 1. The molecular weight excluding hydrogens is 250 g/mol. The highest BCUT2D eigenvalue weighted by atomic mass is 16.6. The summed E-state index contributed by atoms with van der Waals surface area (Å²) in [5.41, 5.74) is 6.26. The topological polar surface area (TPSA) is 123 Å². The smallest absolute Gasteiger partial charge is 0.270 e. The van der Waals surface area contributed by atoms with Crippen molar-refractivity contribution < 1.29 is 9.72 Å². The quantitative estimate of drug-likeness (QED) is 0.306. The van der Waals surface area contributed by atoms with Gasteiger partial charge in [0, 0.05) is 24.1 Å². The first-order valence-electron chi connectivity index (χ1n) is 5.66. The van der Waals surface area contributed by atoms with Crippen LogP contribution in [0.3, 0.4) is 0 Å². The Balaban J connectivity index is 2.06.